The molecular weight excluding hydrogens is 356 g/mol. The number of benzene rings is 1. The van der Waals surface area contributed by atoms with Crippen LogP contribution >= 0.6 is 0 Å². The fourth-order valence-electron chi connectivity index (χ4n) is 3.66. The molecule has 4 aromatic rings. The number of nitrogens with zero attached hydrogens (tertiary/aromatic N) is 10. The predicted octanol–water partition coefficient (Wildman–Crippen LogP) is 1.27. The van der Waals surface area contributed by atoms with Gasteiger partial charge in [0.15, 0.2) is 11.6 Å². The summed E-state index contributed by atoms with van der Waals surface area (Å²) in [7, 11) is 0. The molecule has 28 heavy (non-hydrogen) atoms. The van der Waals surface area contributed by atoms with E-state index in [1.165, 1.54) is 11.9 Å². The second-order valence-electron chi connectivity index (χ2n) is 6.93. The molecule has 0 unspecified atom stereocenters. The molecular formula is C18H20N10. The second kappa shape index (κ2) is 7.29. The van der Waals surface area contributed by atoms with Gasteiger partial charge < -0.3 is 0 Å². The van der Waals surface area contributed by atoms with Crippen molar-refractivity contribution in [3.63, 3.8) is 0 Å². The molecule has 10 nitrogen and oxygen atoms in total. The lowest BCUT2D eigenvalue weighted by Crippen LogP contribution is -2.15. The summed E-state index contributed by atoms with van der Waals surface area (Å²) in [5.74, 6) is 2.50. The smallest absolute Gasteiger partial charge is 0.172 e. The number of rotatable bonds is 5. The Morgan fingerprint density at radius 2 is 1.96 bits per heavy atom. The predicted molar refractivity (Wildman–Crippen MR) is 98.2 cm³/mol. The topological polar surface area (TPSA) is 105 Å². The average molecular weight is 376 g/mol. The van der Waals surface area contributed by atoms with E-state index < -0.39 is 0 Å². The van der Waals surface area contributed by atoms with Crippen molar-refractivity contribution >= 4 is 0 Å². The number of hydrogen-bond acceptors (Lipinski definition) is 7. The lowest BCUT2D eigenvalue weighted by molar-refractivity contribution is 0.553. The minimum atomic E-state index is 0.0261. The summed E-state index contributed by atoms with van der Waals surface area (Å²) in [5, 5.41) is 21.3. The summed E-state index contributed by atoms with van der Waals surface area (Å²) in [6, 6.07) is 10.3. The number of aryl methyl sites for hydroxylation is 1. The average Bonchev–Trinajstić information content (AvgIpc) is 3.44. The summed E-state index contributed by atoms with van der Waals surface area (Å²) in [5.41, 5.74) is 1.18. The molecule has 1 atom stereocenters. The Bertz CT molecular complexity index is 1030. The highest BCUT2D eigenvalue weighted by molar-refractivity contribution is 5.18. The van der Waals surface area contributed by atoms with Crippen LogP contribution in [0.4, 0.5) is 0 Å². The van der Waals surface area contributed by atoms with Gasteiger partial charge in [-0.25, -0.2) is 24.0 Å². The van der Waals surface area contributed by atoms with Crippen molar-refractivity contribution in [2.24, 2.45) is 0 Å². The van der Waals surface area contributed by atoms with Crippen LogP contribution < -0.4 is 0 Å². The maximum absolute atomic E-state index is 4.88. The van der Waals surface area contributed by atoms with E-state index >= 15 is 0 Å². The third-order valence-electron chi connectivity index (χ3n) is 4.99. The second-order valence-corrected chi connectivity index (χ2v) is 6.93. The lowest BCUT2D eigenvalue weighted by Gasteiger charge is -2.14. The molecule has 4 heterocycles. The van der Waals surface area contributed by atoms with Gasteiger partial charge in [0.2, 0.25) is 0 Å². The van der Waals surface area contributed by atoms with E-state index in [-0.39, 0.29) is 5.92 Å². The number of hydrogen-bond donors (Lipinski definition) is 0. The normalized spacial score (nSPS) is 16.6. The summed E-state index contributed by atoms with van der Waals surface area (Å²) in [6.45, 7) is 1.97. The quantitative estimate of drug-likeness (QED) is 0.516. The molecule has 5 rings (SSSR count). The Labute approximate surface area is 161 Å². The standard InChI is InChI=1S/C18H20N10/c1-2-6-14(7-3-1)10-28-17(21-16(23-28)11-26-13-19-12-20-26)15-8-4-5-9-27-18(15)22-24-25-27/h1-3,6-7,12-13,15H,4-5,8-11H2/t15-/m1/s1. The molecule has 142 valence electrons. The zero-order valence-corrected chi connectivity index (χ0v) is 15.3. The molecule has 0 saturated heterocycles. The molecule has 1 aromatic carbocycles. The molecule has 0 bridgehead atoms. The van der Waals surface area contributed by atoms with E-state index in [9.17, 15) is 0 Å². The molecule has 1 aliphatic heterocycles. The zero-order valence-electron chi connectivity index (χ0n) is 15.3. The van der Waals surface area contributed by atoms with E-state index in [1.54, 1.807) is 11.0 Å². The molecule has 10 heteroatoms. The van der Waals surface area contributed by atoms with Crippen LogP contribution in [0.15, 0.2) is 43.0 Å². The third-order valence-corrected chi connectivity index (χ3v) is 4.99. The fourth-order valence-corrected chi connectivity index (χ4v) is 3.66. The minimum absolute atomic E-state index is 0.0261. The summed E-state index contributed by atoms with van der Waals surface area (Å²) in [6.07, 6.45) is 6.29. The fraction of sp³-hybridized carbons (Fsp3) is 0.389. The van der Waals surface area contributed by atoms with Gasteiger partial charge in [0.1, 0.15) is 25.0 Å². The Balaban J connectivity index is 1.54. The first-order chi connectivity index (χ1) is 13.9. The van der Waals surface area contributed by atoms with Crippen LogP contribution in [0.3, 0.4) is 0 Å². The molecule has 0 saturated carbocycles. The van der Waals surface area contributed by atoms with Gasteiger partial charge >= 0.3 is 0 Å². The van der Waals surface area contributed by atoms with Crippen molar-refractivity contribution in [1.29, 1.82) is 0 Å². The van der Waals surface area contributed by atoms with Crippen molar-refractivity contribution in [2.45, 2.75) is 44.8 Å². The molecule has 0 spiro atoms. The largest absolute Gasteiger partial charge is 0.245 e. The van der Waals surface area contributed by atoms with E-state index in [4.69, 9.17) is 10.1 Å². The first kappa shape index (κ1) is 16.7. The van der Waals surface area contributed by atoms with Gasteiger partial charge in [0, 0.05) is 6.54 Å². The van der Waals surface area contributed by atoms with Crippen LogP contribution in [0.5, 0.6) is 0 Å². The van der Waals surface area contributed by atoms with Crippen molar-refractivity contribution in [3.05, 3.63) is 66.0 Å². The molecule has 3 aromatic heterocycles. The Hall–Kier alpha value is -3.43. The maximum atomic E-state index is 4.88. The van der Waals surface area contributed by atoms with Crippen LogP contribution in [-0.4, -0.2) is 49.7 Å². The van der Waals surface area contributed by atoms with Gasteiger partial charge in [-0.2, -0.15) is 10.2 Å². The van der Waals surface area contributed by atoms with Crippen molar-refractivity contribution in [1.82, 2.24) is 49.7 Å². The van der Waals surface area contributed by atoms with Gasteiger partial charge in [-0.15, -0.1) is 5.10 Å². The SMILES string of the molecule is c1ccc(Cn2nc(Cn3cncn3)nc2[C@H]2CCCCn3nnnc32)cc1. The van der Waals surface area contributed by atoms with Crippen molar-refractivity contribution in [2.75, 3.05) is 0 Å². The zero-order chi connectivity index (χ0) is 18.8. The monoisotopic (exact) mass is 376 g/mol. The van der Waals surface area contributed by atoms with Crippen LogP contribution in [-0.2, 0) is 19.6 Å². The van der Waals surface area contributed by atoms with E-state index in [0.29, 0.717) is 18.9 Å². The first-order valence-corrected chi connectivity index (χ1v) is 9.43. The molecule has 1 aliphatic rings. The molecule has 0 radical (unpaired) electrons. The number of tetrazole rings is 1. The molecule has 0 aliphatic carbocycles. The van der Waals surface area contributed by atoms with Crippen LogP contribution in [0.25, 0.3) is 0 Å². The van der Waals surface area contributed by atoms with Crippen molar-refractivity contribution < 1.29 is 0 Å². The maximum Gasteiger partial charge on any atom is 0.172 e. The van der Waals surface area contributed by atoms with Gasteiger partial charge in [-0.3, -0.25) is 0 Å². The number of aromatic nitrogens is 10. The first-order valence-electron chi connectivity index (χ1n) is 9.43. The summed E-state index contributed by atoms with van der Waals surface area (Å²) >= 11 is 0. The highest BCUT2D eigenvalue weighted by Crippen LogP contribution is 2.30. The summed E-state index contributed by atoms with van der Waals surface area (Å²) in [4.78, 5) is 8.88. The summed E-state index contributed by atoms with van der Waals surface area (Å²) < 4.78 is 5.61. The molecule has 0 fully saturated rings. The van der Waals surface area contributed by atoms with E-state index in [0.717, 1.165) is 37.5 Å². The van der Waals surface area contributed by atoms with Gasteiger partial charge in [-0.1, -0.05) is 36.8 Å². The van der Waals surface area contributed by atoms with E-state index in [2.05, 4.69) is 37.7 Å². The highest BCUT2D eigenvalue weighted by atomic mass is 15.5. The van der Waals surface area contributed by atoms with Crippen LogP contribution in [0.1, 0.15) is 48.2 Å². The molecule has 0 N–H and O–H groups in total. The minimum Gasteiger partial charge on any atom is -0.245 e. The molecule has 0 amide bonds. The Morgan fingerprint density at radius 3 is 2.82 bits per heavy atom. The Kier molecular flexibility index (Phi) is 4.36. The highest BCUT2D eigenvalue weighted by Gasteiger charge is 2.29. The van der Waals surface area contributed by atoms with Gasteiger partial charge in [0.25, 0.3) is 0 Å². The van der Waals surface area contributed by atoms with Gasteiger partial charge in [-0.05, 0) is 28.8 Å². The van der Waals surface area contributed by atoms with E-state index in [1.807, 2.05) is 27.6 Å². The van der Waals surface area contributed by atoms with Crippen molar-refractivity contribution in [3.8, 4) is 0 Å². The lowest BCUT2D eigenvalue weighted by atomic mass is 10.0. The van der Waals surface area contributed by atoms with Crippen LogP contribution in [0.2, 0.25) is 0 Å². The number of fused-ring (bicyclic) bond motifs is 1. The van der Waals surface area contributed by atoms with Crippen LogP contribution in [0, 0.1) is 0 Å². The third kappa shape index (κ3) is 3.28. The Morgan fingerprint density at radius 1 is 1.04 bits per heavy atom. The van der Waals surface area contributed by atoms with Gasteiger partial charge in [0.05, 0.1) is 12.5 Å².